The van der Waals surface area contributed by atoms with E-state index in [9.17, 15) is 19.1 Å². The smallest absolute Gasteiger partial charge is 0.294 e. The molecule has 1 amide bonds. The number of carbonyl (C=O) groups is 2. The van der Waals surface area contributed by atoms with Crippen LogP contribution in [0, 0.1) is 5.82 Å². The van der Waals surface area contributed by atoms with Crippen LogP contribution in [0.3, 0.4) is 0 Å². The third kappa shape index (κ3) is 3.48. The fourth-order valence-electron chi connectivity index (χ4n) is 4.07. The number of Topliss-reactive ketones (excluding diaryl/α,β-unsaturated/α-hetero) is 1. The summed E-state index contributed by atoms with van der Waals surface area (Å²) in [4.78, 5) is 31.9. The van der Waals surface area contributed by atoms with Gasteiger partial charge in [0.2, 0.25) is 5.78 Å². The zero-order valence-corrected chi connectivity index (χ0v) is 18.4. The lowest BCUT2D eigenvalue weighted by atomic mass is 9.95. The van der Waals surface area contributed by atoms with Crippen molar-refractivity contribution in [3.63, 3.8) is 0 Å². The van der Waals surface area contributed by atoms with Gasteiger partial charge in [-0.3, -0.25) is 19.5 Å². The summed E-state index contributed by atoms with van der Waals surface area (Å²) in [7, 11) is 1.44. The van der Waals surface area contributed by atoms with Crippen LogP contribution < -0.4 is 9.64 Å². The fraction of sp³-hybridized carbons (Fsp3) is 0.0800. The minimum atomic E-state index is -1.04. The minimum Gasteiger partial charge on any atom is -0.503 e. The second kappa shape index (κ2) is 8.31. The SMILES string of the molecule is COc1cc(Cl)cc2cc(C(=O)C3=C(O)C(=O)N(c4cccc(F)c4)C3c3ccncc3)oc12. The maximum Gasteiger partial charge on any atom is 0.294 e. The van der Waals surface area contributed by atoms with Gasteiger partial charge in [0.05, 0.1) is 18.7 Å². The van der Waals surface area contributed by atoms with Crippen LogP contribution in [-0.2, 0) is 4.79 Å². The molecule has 2 aromatic carbocycles. The number of aliphatic hydroxyl groups is 1. The Labute approximate surface area is 197 Å². The molecule has 0 fully saturated rings. The average Bonchev–Trinajstić information content (AvgIpc) is 3.37. The number of anilines is 1. The lowest BCUT2D eigenvalue weighted by molar-refractivity contribution is -0.117. The zero-order valence-electron chi connectivity index (χ0n) is 17.7. The first-order valence-corrected chi connectivity index (χ1v) is 10.5. The van der Waals surface area contributed by atoms with Crippen LogP contribution in [0.15, 0.2) is 82.7 Å². The van der Waals surface area contributed by atoms with Crippen molar-refractivity contribution < 1.29 is 28.2 Å². The topological polar surface area (TPSA) is 92.9 Å². The number of aromatic nitrogens is 1. The Morgan fingerprint density at radius 2 is 1.94 bits per heavy atom. The Hall–Kier alpha value is -4.17. The Balaban J connectivity index is 1.66. The van der Waals surface area contributed by atoms with Crippen molar-refractivity contribution in [2.24, 2.45) is 0 Å². The molecule has 0 bridgehead atoms. The monoisotopic (exact) mass is 478 g/mol. The third-order valence-electron chi connectivity index (χ3n) is 5.55. The number of rotatable bonds is 5. The molecule has 170 valence electrons. The van der Waals surface area contributed by atoms with Crippen molar-refractivity contribution in [3.05, 3.63) is 100 Å². The molecule has 0 aliphatic carbocycles. The van der Waals surface area contributed by atoms with E-state index in [1.165, 1.54) is 48.7 Å². The molecule has 1 aliphatic rings. The summed E-state index contributed by atoms with van der Waals surface area (Å²) in [5.41, 5.74) is 0.766. The average molecular weight is 479 g/mol. The number of pyridine rings is 1. The number of hydrogen-bond donors (Lipinski definition) is 1. The van der Waals surface area contributed by atoms with E-state index in [4.69, 9.17) is 20.8 Å². The van der Waals surface area contributed by atoms with Crippen LogP contribution in [-0.4, -0.2) is 28.9 Å². The van der Waals surface area contributed by atoms with Crippen LogP contribution in [0.5, 0.6) is 5.75 Å². The maximum atomic E-state index is 14.0. The van der Waals surface area contributed by atoms with Gasteiger partial charge in [-0.15, -0.1) is 0 Å². The van der Waals surface area contributed by atoms with Crippen molar-refractivity contribution >= 4 is 39.9 Å². The van der Waals surface area contributed by atoms with E-state index in [0.717, 1.165) is 6.07 Å². The van der Waals surface area contributed by atoms with Gasteiger partial charge in [-0.05, 0) is 48.0 Å². The highest BCUT2D eigenvalue weighted by atomic mass is 35.5. The van der Waals surface area contributed by atoms with Gasteiger partial charge in [-0.25, -0.2) is 4.39 Å². The van der Waals surface area contributed by atoms with Crippen LogP contribution in [0.25, 0.3) is 11.0 Å². The summed E-state index contributed by atoms with van der Waals surface area (Å²) < 4.78 is 25.0. The van der Waals surface area contributed by atoms with Gasteiger partial charge in [0.25, 0.3) is 5.91 Å². The molecule has 0 radical (unpaired) electrons. The number of methoxy groups -OCH3 is 1. The van der Waals surface area contributed by atoms with Crippen molar-refractivity contribution in [2.75, 3.05) is 12.0 Å². The van der Waals surface area contributed by atoms with Crippen molar-refractivity contribution in [2.45, 2.75) is 6.04 Å². The highest BCUT2D eigenvalue weighted by molar-refractivity contribution is 6.31. The first-order valence-electron chi connectivity index (χ1n) is 10.1. The molecule has 3 heterocycles. The van der Waals surface area contributed by atoms with E-state index < -0.39 is 29.3 Å². The summed E-state index contributed by atoms with van der Waals surface area (Å²) in [5, 5.41) is 11.7. The first kappa shape index (κ1) is 21.7. The minimum absolute atomic E-state index is 0.120. The summed E-state index contributed by atoms with van der Waals surface area (Å²) in [5.74, 6) is -2.66. The number of halogens is 2. The van der Waals surface area contributed by atoms with Gasteiger partial charge in [0.15, 0.2) is 22.9 Å². The summed E-state index contributed by atoms with van der Waals surface area (Å²) >= 11 is 6.12. The molecule has 0 spiro atoms. The van der Waals surface area contributed by atoms with Gasteiger partial charge in [0, 0.05) is 34.6 Å². The third-order valence-corrected chi connectivity index (χ3v) is 5.77. The highest BCUT2D eigenvalue weighted by Crippen LogP contribution is 2.43. The van der Waals surface area contributed by atoms with Gasteiger partial charge >= 0.3 is 0 Å². The largest absolute Gasteiger partial charge is 0.503 e. The number of ether oxygens (including phenoxy) is 1. The number of carbonyl (C=O) groups excluding carboxylic acids is 2. The van der Waals surface area contributed by atoms with E-state index in [0.29, 0.717) is 27.3 Å². The van der Waals surface area contributed by atoms with E-state index in [1.54, 1.807) is 24.3 Å². The Morgan fingerprint density at radius 1 is 1.18 bits per heavy atom. The lowest BCUT2D eigenvalue weighted by Crippen LogP contribution is -2.31. The quantitative estimate of drug-likeness (QED) is 0.385. The van der Waals surface area contributed by atoms with Gasteiger partial charge < -0.3 is 14.3 Å². The second-order valence-corrected chi connectivity index (χ2v) is 8.00. The molecule has 7 nitrogen and oxygen atoms in total. The Morgan fingerprint density at radius 3 is 2.65 bits per heavy atom. The zero-order chi connectivity index (χ0) is 24.0. The normalized spacial score (nSPS) is 15.9. The van der Waals surface area contributed by atoms with Gasteiger partial charge in [-0.1, -0.05) is 17.7 Å². The van der Waals surface area contributed by atoms with E-state index in [2.05, 4.69) is 4.98 Å². The number of hydrogen-bond acceptors (Lipinski definition) is 6. The molecule has 1 atom stereocenters. The second-order valence-electron chi connectivity index (χ2n) is 7.57. The molecule has 2 aromatic heterocycles. The van der Waals surface area contributed by atoms with Crippen molar-refractivity contribution in [1.29, 1.82) is 0 Å². The predicted molar refractivity (Wildman–Crippen MR) is 123 cm³/mol. The summed E-state index contributed by atoms with van der Waals surface area (Å²) in [6.07, 6.45) is 2.99. The molecule has 1 N–H and O–H groups in total. The fourth-order valence-corrected chi connectivity index (χ4v) is 4.29. The number of benzene rings is 2. The van der Waals surface area contributed by atoms with E-state index >= 15 is 0 Å². The molecule has 0 saturated heterocycles. The number of amides is 1. The molecule has 1 aliphatic heterocycles. The Bertz CT molecular complexity index is 1480. The standard InChI is InChI=1S/C25H16ClFN2O5/c1-33-19-11-15(26)9-14-10-18(34-24(14)19)22(30)20-21(13-5-7-28-8-6-13)29(25(32)23(20)31)17-4-2-3-16(27)12-17/h2-12,21,31H,1H3. The van der Waals surface area contributed by atoms with Gasteiger partial charge in [0.1, 0.15) is 5.82 Å². The maximum absolute atomic E-state index is 14.0. The molecule has 34 heavy (non-hydrogen) atoms. The number of fused-ring (bicyclic) bond motifs is 1. The summed E-state index contributed by atoms with van der Waals surface area (Å²) in [6.45, 7) is 0. The number of furan rings is 1. The van der Waals surface area contributed by atoms with Crippen LogP contribution >= 0.6 is 11.6 Å². The molecular formula is C25H16ClFN2O5. The van der Waals surface area contributed by atoms with Crippen LogP contribution in [0.4, 0.5) is 10.1 Å². The number of aliphatic hydroxyl groups excluding tert-OH is 1. The molecule has 0 saturated carbocycles. The molecule has 4 aromatic rings. The lowest BCUT2D eigenvalue weighted by Gasteiger charge is -2.26. The Kier molecular flexibility index (Phi) is 5.30. The number of ketones is 1. The van der Waals surface area contributed by atoms with E-state index in [1.807, 2.05) is 0 Å². The van der Waals surface area contributed by atoms with E-state index in [-0.39, 0.29) is 17.0 Å². The number of nitrogens with zero attached hydrogens (tertiary/aromatic N) is 2. The molecule has 9 heteroatoms. The molecule has 5 rings (SSSR count). The first-order chi connectivity index (χ1) is 16.4. The predicted octanol–water partition coefficient (Wildman–Crippen LogP) is 5.41. The van der Waals surface area contributed by atoms with Crippen LogP contribution in [0.2, 0.25) is 5.02 Å². The van der Waals surface area contributed by atoms with Crippen LogP contribution in [0.1, 0.15) is 22.2 Å². The summed E-state index contributed by atoms with van der Waals surface area (Å²) in [6, 6.07) is 12.1. The molecular weight excluding hydrogens is 463 g/mol. The highest BCUT2D eigenvalue weighted by Gasteiger charge is 2.45. The molecule has 1 unspecified atom stereocenters. The van der Waals surface area contributed by atoms with Gasteiger partial charge in [-0.2, -0.15) is 0 Å². The van der Waals surface area contributed by atoms with Crippen molar-refractivity contribution in [3.8, 4) is 5.75 Å². The van der Waals surface area contributed by atoms with Crippen molar-refractivity contribution in [1.82, 2.24) is 4.98 Å².